The fourth-order valence-electron chi connectivity index (χ4n) is 7.47. The number of ether oxygens (including phenoxy) is 1. The molecule has 4 aliphatic carbocycles. The third-order valence-electron chi connectivity index (χ3n) is 9.18. The molecule has 0 aromatic carbocycles. The zero-order chi connectivity index (χ0) is 19.7. The smallest absolute Gasteiger partial charge is 0.302 e. The minimum absolute atomic E-state index is 0.0107. The molecule has 7 unspecified atom stereocenters. The van der Waals surface area contributed by atoms with Gasteiger partial charge in [-0.05, 0) is 61.7 Å². The first kappa shape index (κ1) is 19.4. The number of rotatable bonds is 3. The average molecular weight is 379 g/mol. The Hall–Kier alpha value is -0.910. The van der Waals surface area contributed by atoms with Crippen molar-refractivity contribution >= 4 is 5.97 Å². The summed E-state index contributed by atoms with van der Waals surface area (Å²) < 4.78 is 5.43. The van der Waals surface area contributed by atoms with E-state index in [1.165, 1.54) is 12.5 Å². The first-order valence-electron chi connectivity index (χ1n) is 10.5. The van der Waals surface area contributed by atoms with Gasteiger partial charge in [0.15, 0.2) is 0 Å². The molecule has 5 heteroatoms. The molecule has 0 aromatic heterocycles. The van der Waals surface area contributed by atoms with Gasteiger partial charge in [-0.25, -0.2) is 0 Å². The summed E-state index contributed by atoms with van der Waals surface area (Å²) in [5.74, 6) is -0.00501. The molecule has 4 rings (SSSR count). The van der Waals surface area contributed by atoms with Gasteiger partial charge in [0.1, 0.15) is 0 Å². The maximum atomic E-state index is 11.5. The van der Waals surface area contributed by atoms with E-state index in [4.69, 9.17) is 4.74 Å². The van der Waals surface area contributed by atoms with E-state index in [9.17, 15) is 20.1 Å². The number of hydrogen-bond donors (Lipinski definition) is 3. The van der Waals surface area contributed by atoms with Gasteiger partial charge < -0.3 is 20.1 Å². The summed E-state index contributed by atoms with van der Waals surface area (Å²) in [4.78, 5) is 11.5. The maximum Gasteiger partial charge on any atom is 0.302 e. The maximum absolute atomic E-state index is 11.5. The number of esters is 1. The van der Waals surface area contributed by atoms with Crippen LogP contribution >= 0.6 is 0 Å². The average Bonchev–Trinajstić information content (AvgIpc) is 2.98. The van der Waals surface area contributed by atoms with Gasteiger partial charge in [-0.2, -0.15) is 0 Å². The summed E-state index contributed by atoms with van der Waals surface area (Å²) in [5.41, 5.74) is 0.0799. The van der Waals surface area contributed by atoms with Gasteiger partial charge in [-0.3, -0.25) is 4.79 Å². The lowest BCUT2D eigenvalue weighted by molar-refractivity contribution is -0.200. The molecule has 3 saturated carbocycles. The molecule has 0 saturated heterocycles. The third kappa shape index (κ3) is 2.44. The molecule has 0 amide bonds. The predicted octanol–water partition coefficient (Wildman–Crippen LogP) is 2.58. The van der Waals surface area contributed by atoms with Gasteiger partial charge in [0.25, 0.3) is 0 Å². The van der Waals surface area contributed by atoms with Gasteiger partial charge in [0.2, 0.25) is 0 Å². The lowest BCUT2D eigenvalue weighted by Gasteiger charge is -2.65. The first-order valence-corrected chi connectivity index (χ1v) is 10.5. The second-order valence-electron chi connectivity index (χ2n) is 10.2. The fraction of sp³-hybridized carbons (Fsp3) is 0.864. The normalized spacial score (nSPS) is 51.2. The highest BCUT2D eigenvalue weighted by molar-refractivity contribution is 5.65. The topological polar surface area (TPSA) is 87.0 Å². The van der Waals surface area contributed by atoms with Crippen LogP contribution in [0.15, 0.2) is 11.6 Å². The number of fused-ring (bicyclic) bond motifs is 2. The summed E-state index contributed by atoms with van der Waals surface area (Å²) in [6.45, 7) is 5.97. The molecule has 5 nitrogen and oxygen atoms in total. The Balaban J connectivity index is 1.71. The number of aliphatic hydroxyl groups excluding tert-OH is 2. The van der Waals surface area contributed by atoms with Crippen molar-refractivity contribution in [2.75, 3.05) is 13.2 Å². The predicted molar refractivity (Wildman–Crippen MR) is 101 cm³/mol. The largest absolute Gasteiger partial charge is 0.465 e. The number of allylic oxidation sites excluding steroid dienone is 1. The zero-order valence-electron chi connectivity index (χ0n) is 16.8. The van der Waals surface area contributed by atoms with Gasteiger partial charge in [0, 0.05) is 18.3 Å². The molecule has 7 atom stereocenters. The van der Waals surface area contributed by atoms with Crippen molar-refractivity contribution in [3.63, 3.8) is 0 Å². The molecule has 152 valence electrons. The van der Waals surface area contributed by atoms with E-state index < -0.39 is 17.1 Å². The van der Waals surface area contributed by atoms with Crippen molar-refractivity contribution < 1.29 is 24.9 Å². The van der Waals surface area contributed by atoms with Crippen molar-refractivity contribution in [2.24, 2.45) is 28.1 Å². The van der Waals surface area contributed by atoms with Crippen LogP contribution < -0.4 is 0 Å². The van der Waals surface area contributed by atoms with Gasteiger partial charge in [-0.1, -0.05) is 25.5 Å². The summed E-state index contributed by atoms with van der Waals surface area (Å²) in [6, 6.07) is 0. The molecule has 4 aliphatic rings. The Morgan fingerprint density at radius 1 is 1.26 bits per heavy atom. The van der Waals surface area contributed by atoms with E-state index in [0.29, 0.717) is 12.8 Å². The Morgan fingerprint density at radius 2 is 2.00 bits per heavy atom. The van der Waals surface area contributed by atoms with E-state index in [1.54, 1.807) is 0 Å². The van der Waals surface area contributed by atoms with E-state index in [0.717, 1.165) is 32.1 Å². The van der Waals surface area contributed by atoms with Crippen LogP contribution in [0.1, 0.15) is 65.7 Å². The van der Waals surface area contributed by atoms with Crippen molar-refractivity contribution in [1.82, 2.24) is 0 Å². The fourth-order valence-corrected chi connectivity index (χ4v) is 7.47. The number of carbonyl (C=O) groups is 1. The summed E-state index contributed by atoms with van der Waals surface area (Å²) in [5, 5.41) is 31.6. The minimum Gasteiger partial charge on any atom is -0.465 e. The van der Waals surface area contributed by atoms with Crippen molar-refractivity contribution in [3.05, 3.63) is 11.6 Å². The monoisotopic (exact) mass is 378 g/mol. The van der Waals surface area contributed by atoms with Crippen LogP contribution in [0.2, 0.25) is 0 Å². The number of hydrogen-bond acceptors (Lipinski definition) is 5. The standard InChI is InChI=1S/C22H34O5/c1-14(24)27-13-19(2)17-5-4-15-10-16-11-21(15,8-9-22(16,26)12-23)20(17,3)7-6-18(19)25/h10,16-18,23,25-26H,4-9,11-13H2,1-3H3. The quantitative estimate of drug-likeness (QED) is 0.519. The number of carbonyl (C=O) groups excluding carboxylic acids is 1. The SMILES string of the molecule is CC(=O)OCC1(C)C(O)CCC2(C)C1CCC1=CC3CC12CCC3(O)CO. The van der Waals surface area contributed by atoms with E-state index >= 15 is 0 Å². The highest BCUT2D eigenvalue weighted by atomic mass is 16.5. The van der Waals surface area contributed by atoms with Crippen LogP contribution in [0, 0.1) is 28.1 Å². The first-order chi connectivity index (χ1) is 12.6. The highest BCUT2D eigenvalue weighted by Crippen LogP contribution is 2.73. The summed E-state index contributed by atoms with van der Waals surface area (Å²) >= 11 is 0. The van der Waals surface area contributed by atoms with Gasteiger partial charge >= 0.3 is 5.97 Å². The van der Waals surface area contributed by atoms with Crippen LogP contribution in [0.5, 0.6) is 0 Å². The minimum atomic E-state index is -0.989. The second-order valence-corrected chi connectivity index (χ2v) is 10.2. The lowest BCUT2D eigenvalue weighted by Crippen LogP contribution is -2.62. The van der Waals surface area contributed by atoms with Crippen LogP contribution in [0.3, 0.4) is 0 Å². The second kappa shape index (κ2) is 6.04. The molecule has 27 heavy (non-hydrogen) atoms. The Bertz CT molecular complexity index is 674. The summed E-state index contributed by atoms with van der Waals surface area (Å²) in [6.07, 6.45) is 7.82. The van der Waals surface area contributed by atoms with Crippen molar-refractivity contribution in [3.8, 4) is 0 Å². The van der Waals surface area contributed by atoms with Crippen LogP contribution in [-0.4, -0.2) is 46.2 Å². The van der Waals surface area contributed by atoms with Gasteiger partial charge in [-0.15, -0.1) is 0 Å². The molecule has 2 bridgehead atoms. The van der Waals surface area contributed by atoms with Crippen molar-refractivity contribution in [1.29, 1.82) is 0 Å². The molecule has 0 aromatic rings. The molecule has 0 radical (unpaired) electrons. The van der Waals surface area contributed by atoms with Crippen LogP contribution in [0.25, 0.3) is 0 Å². The molecule has 3 N–H and O–H groups in total. The van der Waals surface area contributed by atoms with Crippen LogP contribution in [0.4, 0.5) is 0 Å². The van der Waals surface area contributed by atoms with E-state index in [2.05, 4.69) is 19.9 Å². The highest BCUT2D eigenvalue weighted by Gasteiger charge is 2.68. The van der Waals surface area contributed by atoms with E-state index in [1.807, 2.05) is 0 Å². The number of aliphatic hydroxyl groups is 3. The molecule has 0 aliphatic heterocycles. The molecular weight excluding hydrogens is 344 g/mol. The molecule has 1 spiro atoms. The Labute approximate surface area is 161 Å². The molecular formula is C22H34O5. The Morgan fingerprint density at radius 3 is 2.67 bits per heavy atom. The summed E-state index contributed by atoms with van der Waals surface area (Å²) in [7, 11) is 0. The van der Waals surface area contributed by atoms with Crippen LogP contribution in [-0.2, 0) is 9.53 Å². The Kier molecular flexibility index (Phi) is 4.34. The molecule has 0 heterocycles. The van der Waals surface area contributed by atoms with E-state index in [-0.39, 0.29) is 41.8 Å². The zero-order valence-corrected chi connectivity index (χ0v) is 16.8. The van der Waals surface area contributed by atoms with Gasteiger partial charge in [0.05, 0.1) is 24.9 Å². The van der Waals surface area contributed by atoms with Crippen molar-refractivity contribution in [2.45, 2.75) is 77.4 Å². The third-order valence-corrected chi connectivity index (χ3v) is 9.18. The lowest BCUT2D eigenvalue weighted by atomic mass is 9.39. The molecule has 3 fully saturated rings.